The van der Waals surface area contributed by atoms with Crippen LogP contribution in [0, 0.1) is 0 Å². The van der Waals surface area contributed by atoms with Gasteiger partial charge in [-0.25, -0.2) is 22.0 Å². The molecule has 0 unspecified atom stereocenters. The summed E-state index contributed by atoms with van der Waals surface area (Å²) < 4.78 is 50.8. The Hall–Kier alpha value is -3.05. The molecule has 162 valence electrons. The van der Waals surface area contributed by atoms with E-state index in [1.165, 1.54) is 36.4 Å². The molecule has 0 heterocycles. The van der Waals surface area contributed by atoms with Crippen molar-refractivity contribution in [3.05, 3.63) is 90.5 Å². The van der Waals surface area contributed by atoms with Gasteiger partial charge in [-0.1, -0.05) is 48.5 Å². The Kier molecular flexibility index (Phi) is 6.86. The van der Waals surface area contributed by atoms with Crippen molar-refractivity contribution in [2.75, 3.05) is 5.32 Å². The molecule has 4 N–H and O–H groups in total. The van der Waals surface area contributed by atoms with E-state index in [1.54, 1.807) is 42.5 Å². The van der Waals surface area contributed by atoms with E-state index in [4.69, 9.17) is 5.14 Å². The summed E-state index contributed by atoms with van der Waals surface area (Å²) in [6, 6.07) is 20.9. The van der Waals surface area contributed by atoms with Gasteiger partial charge in [0, 0.05) is 5.69 Å². The third kappa shape index (κ3) is 6.22. The summed E-state index contributed by atoms with van der Waals surface area (Å²) in [5.41, 5.74) is 1.07. The van der Waals surface area contributed by atoms with Gasteiger partial charge in [0.05, 0.1) is 9.79 Å². The Morgan fingerprint density at radius 1 is 0.774 bits per heavy atom. The molecule has 8 nitrogen and oxygen atoms in total. The quantitative estimate of drug-likeness (QED) is 0.472. The predicted molar refractivity (Wildman–Crippen MR) is 117 cm³/mol. The van der Waals surface area contributed by atoms with Crippen molar-refractivity contribution in [3.8, 4) is 0 Å². The van der Waals surface area contributed by atoms with Crippen LogP contribution in [-0.2, 0) is 31.3 Å². The number of benzene rings is 3. The van der Waals surface area contributed by atoms with Crippen LogP contribution in [0.5, 0.6) is 0 Å². The molecule has 10 heteroatoms. The number of amides is 1. The van der Waals surface area contributed by atoms with E-state index in [0.29, 0.717) is 5.69 Å². The molecule has 31 heavy (non-hydrogen) atoms. The molecule has 0 radical (unpaired) electrons. The van der Waals surface area contributed by atoms with E-state index in [9.17, 15) is 21.6 Å². The number of primary sulfonamides is 1. The zero-order chi connectivity index (χ0) is 22.5. The van der Waals surface area contributed by atoms with Crippen LogP contribution in [-0.4, -0.2) is 28.8 Å². The van der Waals surface area contributed by atoms with Crippen LogP contribution in [0.25, 0.3) is 0 Å². The normalized spacial score (nSPS) is 12.8. The standard InChI is InChI=1S/C21H21N3O5S2/c22-30(26,27)18-13-11-17(12-14-18)23-21(25)20(15-16-7-3-1-4-8-16)24-31(28,29)19-9-5-2-6-10-19/h1-14,20,24H,15H2,(H,23,25)(H2,22,26,27)/t20-/m0/s1. The summed E-state index contributed by atoms with van der Waals surface area (Å²) in [5.74, 6) is -0.591. The monoisotopic (exact) mass is 459 g/mol. The summed E-state index contributed by atoms with van der Waals surface area (Å²) in [6.07, 6.45) is 0.119. The van der Waals surface area contributed by atoms with Crippen molar-refractivity contribution in [2.45, 2.75) is 22.3 Å². The van der Waals surface area contributed by atoms with Gasteiger partial charge in [-0.2, -0.15) is 4.72 Å². The molecule has 3 aromatic carbocycles. The highest BCUT2D eigenvalue weighted by molar-refractivity contribution is 7.89. The maximum Gasteiger partial charge on any atom is 0.242 e. The van der Waals surface area contributed by atoms with Crippen LogP contribution >= 0.6 is 0 Å². The second-order valence-corrected chi connectivity index (χ2v) is 10.0. The maximum absolute atomic E-state index is 12.9. The van der Waals surface area contributed by atoms with Gasteiger partial charge in [-0.3, -0.25) is 4.79 Å². The van der Waals surface area contributed by atoms with Gasteiger partial charge in [-0.15, -0.1) is 0 Å². The number of nitrogens with two attached hydrogens (primary N) is 1. The highest BCUT2D eigenvalue weighted by Crippen LogP contribution is 2.15. The first-order chi connectivity index (χ1) is 14.6. The van der Waals surface area contributed by atoms with Gasteiger partial charge in [0.2, 0.25) is 26.0 Å². The minimum atomic E-state index is -3.95. The van der Waals surface area contributed by atoms with Crippen molar-refractivity contribution in [1.82, 2.24) is 4.72 Å². The smallest absolute Gasteiger partial charge is 0.242 e. The second kappa shape index (κ2) is 9.40. The molecule has 0 fully saturated rings. The van der Waals surface area contributed by atoms with Crippen LogP contribution in [0.3, 0.4) is 0 Å². The molecule has 0 aliphatic carbocycles. The van der Waals surface area contributed by atoms with Crippen LogP contribution in [0.15, 0.2) is 94.7 Å². The lowest BCUT2D eigenvalue weighted by molar-refractivity contribution is -0.117. The largest absolute Gasteiger partial charge is 0.325 e. The molecule has 3 aromatic rings. The molecule has 0 saturated heterocycles. The molecule has 0 aliphatic rings. The Bertz CT molecular complexity index is 1250. The van der Waals surface area contributed by atoms with Crippen LogP contribution in [0.4, 0.5) is 5.69 Å². The number of hydrogen-bond acceptors (Lipinski definition) is 5. The average molecular weight is 460 g/mol. The van der Waals surface area contributed by atoms with E-state index >= 15 is 0 Å². The molecular weight excluding hydrogens is 438 g/mol. The van der Waals surface area contributed by atoms with Gasteiger partial charge in [0.1, 0.15) is 6.04 Å². The Labute approximate surface area is 181 Å². The number of nitrogens with one attached hydrogen (secondary N) is 2. The molecule has 0 aromatic heterocycles. The van der Waals surface area contributed by atoms with Crippen LogP contribution in [0.1, 0.15) is 5.56 Å². The lowest BCUT2D eigenvalue weighted by Crippen LogP contribution is -2.45. The predicted octanol–water partition coefficient (Wildman–Crippen LogP) is 1.86. The summed E-state index contributed by atoms with van der Waals surface area (Å²) in [4.78, 5) is 12.9. The maximum atomic E-state index is 12.9. The topological polar surface area (TPSA) is 135 Å². The molecule has 1 atom stereocenters. The first-order valence-corrected chi connectivity index (χ1v) is 12.2. The zero-order valence-corrected chi connectivity index (χ0v) is 17.9. The Balaban J connectivity index is 1.84. The highest BCUT2D eigenvalue weighted by atomic mass is 32.2. The molecule has 0 spiro atoms. The molecule has 0 aliphatic heterocycles. The molecule has 3 rings (SSSR count). The van der Waals surface area contributed by atoms with Crippen LogP contribution < -0.4 is 15.2 Å². The molecular formula is C21H21N3O5S2. The van der Waals surface area contributed by atoms with Crippen molar-refractivity contribution < 1.29 is 21.6 Å². The highest BCUT2D eigenvalue weighted by Gasteiger charge is 2.26. The lowest BCUT2D eigenvalue weighted by atomic mass is 10.1. The van der Waals surface area contributed by atoms with Crippen molar-refractivity contribution in [2.24, 2.45) is 5.14 Å². The number of rotatable bonds is 8. The summed E-state index contributed by atoms with van der Waals surface area (Å²) in [7, 11) is -7.81. The third-order valence-corrected chi connectivity index (χ3v) is 6.82. The first kappa shape index (κ1) is 22.6. The fourth-order valence-corrected chi connectivity index (χ4v) is 4.58. The molecule has 0 saturated carbocycles. The number of sulfonamides is 2. The van der Waals surface area contributed by atoms with Gasteiger partial charge < -0.3 is 5.32 Å². The van der Waals surface area contributed by atoms with Gasteiger partial charge >= 0.3 is 0 Å². The van der Waals surface area contributed by atoms with E-state index in [0.717, 1.165) is 5.56 Å². The SMILES string of the molecule is NS(=O)(=O)c1ccc(NC(=O)[C@H](Cc2ccccc2)NS(=O)(=O)c2ccccc2)cc1. The Morgan fingerprint density at radius 2 is 1.32 bits per heavy atom. The fourth-order valence-electron chi connectivity index (χ4n) is 2.85. The van der Waals surface area contributed by atoms with E-state index in [-0.39, 0.29) is 16.2 Å². The van der Waals surface area contributed by atoms with E-state index < -0.39 is 32.0 Å². The fraction of sp³-hybridized carbons (Fsp3) is 0.0952. The van der Waals surface area contributed by atoms with Gasteiger partial charge in [0.25, 0.3) is 0 Å². The molecule has 0 bridgehead atoms. The van der Waals surface area contributed by atoms with Crippen molar-refractivity contribution in [3.63, 3.8) is 0 Å². The average Bonchev–Trinajstić information content (AvgIpc) is 2.74. The number of carbonyl (C=O) groups excluding carboxylic acids is 1. The molecule has 1 amide bonds. The Morgan fingerprint density at radius 3 is 1.87 bits per heavy atom. The van der Waals surface area contributed by atoms with Gasteiger partial charge in [-0.05, 0) is 48.4 Å². The summed E-state index contributed by atoms with van der Waals surface area (Å²) in [6.45, 7) is 0. The number of carbonyl (C=O) groups is 1. The number of anilines is 1. The van der Waals surface area contributed by atoms with Crippen molar-refractivity contribution >= 4 is 31.6 Å². The third-order valence-electron chi connectivity index (χ3n) is 4.40. The minimum absolute atomic E-state index is 0.0402. The van der Waals surface area contributed by atoms with E-state index in [2.05, 4.69) is 10.0 Å². The summed E-state index contributed by atoms with van der Waals surface area (Å²) in [5, 5.41) is 7.69. The number of hydrogen-bond donors (Lipinski definition) is 3. The minimum Gasteiger partial charge on any atom is -0.325 e. The van der Waals surface area contributed by atoms with E-state index in [1.807, 2.05) is 6.07 Å². The lowest BCUT2D eigenvalue weighted by Gasteiger charge is -2.19. The summed E-state index contributed by atoms with van der Waals surface area (Å²) >= 11 is 0. The van der Waals surface area contributed by atoms with Gasteiger partial charge in [0.15, 0.2) is 0 Å². The first-order valence-electron chi connectivity index (χ1n) is 9.20. The second-order valence-electron chi connectivity index (χ2n) is 6.74. The van der Waals surface area contributed by atoms with Crippen molar-refractivity contribution in [1.29, 1.82) is 0 Å². The van der Waals surface area contributed by atoms with Crippen LogP contribution in [0.2, 0.25) is 0 Å². The zero-order valence-electron chi connectivity index (χ0n) is 16.3.